The van der Waals surface area contributed by atoms with E-state index in [1.807, 2.05) is 0 Å². The fourth-order valence-electron chi connectivity index (χ4n) is 1.94. The molecular formula is C11H22O2. The zero-order chi connectivity index (χ0) is 9.84. The van der Waals surface area contributed by atoms with Gasteiger partial charge in [-0.25, -0.2) is 0 Å². The van der Waals surface area contributed by atoms with Crippen molar-refractivity contribution in [2.24, 2.45) is 11.8 Å². The van der Waals surface area contributed by atoms with Crippen molar-refractivity contribution in [1.29, 1.82) is 0 Å². The van der Waals surface area contributed by atoms with E-state index in [2.05, 4.69) is 20.8 Å². The van der Waals surface area contributed by atoms with Gasteiger partial charge in [-0.15, -0.1) is 0 Å². The molecular weight excluding hydrogens is 164 g/mol. The zero-order valence-electron chi connectivity index (χ0n) is 8.99. The highest BCUT2D eigenvalue weighted by atomic mass is 16.5. The van der Waals surface area contributed by atoms with E-state index in [0.29, 0.717) is 24.7 Å². The Balaban J connectivity index is 0.000000184. The van der Waals surface area contributed by atoms with E-state index in [9.17, 15) is 0 Å². The summed E-state index contributed by atoms with van der Waals surface area (Å²) in [4.78, 5) is 0. The molecule has 3 unspecified atom stereocenters. The second-order valence-corrected chi connectivity index (χ2v) is 4.78. The third-order valence-corrected chi connectivity index (χ3v) is 2.47. The quantitative estimate of drug-likeness (QED) is 0.680. The molecule has 0 saturated carbocycles. The first-order valence-corrected chi connectivity index (χ1v) is 5.39. The topological polar surface area (TPSA) is 29.5 Å². The van der Waals surface area contributed by atoms with Crippen molar-refractivity contribution in [3.63, 3.8) is 0 Å². The van der Waals surface area contributed by atoms with E-state index in [-0.39, 0.29) is 0 Å². The van der Waals surface area contributed by atoms with E-state index >= 15 is 0 Å². The van der Waals surface area contributed by atoms with Gasteiger partial charge < -0.3 is 9.84 Å². The molecule has 0 spiro atoms. The van der Waals surface area contributed by atoms with Gasteiger partial charge in [0.05, 0.1) is 12.2 Å². The van der Waals surface area contributed by atoms with Crippen LogP contribution in [0.25, 0.3) is 0 Å². The Bertz CT molecular complexity index is 142. The molecule has 2 saturated heterocycles. The van der Waals surface area contributed by atoms with Gasteiger partial charge in [-0.2, -0.15) is 0 Å². The van der Waals surface area contributed by atoms with Crippen LogP contribution >= 0.6 is 0 Å². The Morgan fingerprint density at radius 1 is 1.31 bits per heavy atom. The van der Waals surface area contributed by atoms with Crippen LogP contribution in [0.15, 0.2) is 0 Å². The van der Waals surface area contributed by atoms with Crippen molar-refractivity contribution < 1.29 is 9.84 Å². The molecule has 2 heterocycles. The van der Waals surface area contributed by atoms with E-state index in [1.54, 1.807) is 0 Å². The van der Waals surface area contributed by atoms with Crippen LogP contribution < -0.4 is 0 Å². The lowest BCUT2D eigenvalue weighted by atomic mass is 9.90. The van der Waals surface area contributed by atoms with Crippen molar-refractivity contribution in [2.45, 2.75) is 52.2 Å². The number of hydrogen-bond acceptors (Lipinski definition) is 2. The summed E-state index contributed by atoms with van der Waals surface area (Å²) in [5, 5.41) is 8.81. The van der Waals surface area contributed by atoms with Gasteiger partial charge in [0.15, 0.2) is 0 Å². The fourth-order valence-corrected chi connectivity index (χ4v) is 1.94. The highest BCUT2D eigenvalue weighted by Crippen LogP contribution is 2.38. The van der Waals surface area contributed by atoms with Crippen LogP contribution in [0.5, 0.6) is 0 Å². The number of ether oxygens (including phenoxy) is 1. The molecule has 0 aromatic heterocycles. The largest absolute Gasteiger partial charge is 0.396 e. The molecule has 2 heteroatoms. The highest BCUT2D eigenvalue weighted by molar-refractivity contribution is 4.88. The van der Waals surface area contributed by atoms with Gasteiger partial charge in [-0.1, -0.05) is 20.8 Å². The minimum atomic E-state index is 0.321. The van der Waals surface area contributed by atoms with E-state index in [1.165, 1.54) is 12.8 Å². The first-order valence-electron chi connectivity index (χ1n) is 5.39. The molecule has 78 valence electrons. The molecule has 0 aromatic rings. The SMILES string of the molecule is CC(C)C.OCC1CC2CCC1O2. The van der Waals surface area contributed by atoms with E-state index in [4.69, 9.17) is 9.84 Å². The molecule has 2 aliphatic rings. The summed E-state index contributed by atoms with van der Waals surface area (Å²) in [6.45, 7) is 6.82. The van der Waals surface area contributed by atoms with Gasteiger partial charge in [-0.3, -0.25) is 0 Å². The summed E-state index contributed by atoms with van der Waals surface area (Å²) in [6.07, 6.45) is 4.39. The smallest absolute Gasteiger partial charge is 0.0630 e. The van der Waals surface area contributed by atoms with E-state index in [0.717, 1.165) is 12.3 Å². The number of fused-ring (bicyclic) bond motifs is 2. The zero-order valence-corrected chi connectivity index (χ0v) is 8.99. The van der Waals surface area contributed by atoms with Gasteiger partial charge in [0, 0.05) is 12.5 Å². The lowest BCUT2D eigenvalue weighted by Gasteiger charge is -2.14. The van der Waals surface area contributed by atoms with Crippen LogP contribution in [-0.4, -0.2) is 23.9 Å². The summed E-state index contributed by atoms with van der Waals surface area (Å²) in [6, 6.07) is 0. The molecule has 0 radical (unpaired) electrons. The number of hydrogen-bond donors (Lipinski definition) is 1. The molecule has 3 atom stereocenters. The Hall–Kier alpha value is -0.0800. The highest BCUT2D eigenvalue weighted by Gasteiger charge is 2.39. The lowest BCUT2D eigenvalue weighted by molar-refractivity contribution is 0.0795. The fraction of sp³-hybridized carbons (Fsp3) is 1.00. The van der Waals surface area contributed by atoms with Crippen molar-refractivity contribution in [3.8, 4) is 0 Å². The first-order chi connectivity index (χ1) is 6.13. The molecule has 2 nitrogen and oxygen atoms in total. The van der Waals surface area contributed by atoms with Gasteiger partial charge >= 0.3 is 0 Å². The Labute approximate surface area is 81.3 Å². The monoisotopic (exact) mass is 186 g/mol. The molecule has 1 N–H and O–H groups in total. The molecule has 2 aliphatic heterocycles. The van der Waals surface area contributed by atoms with Gasteiger partial charge in [0.2, 0.25) is 0 Å². The molecule has 2 rings (SSSR count). The molecule has 13 heavy (non-hydrogen) atoms. The van der Waals surface area contributed by atoms with Crippen molar-refractivity contribution in [1.82, 2.24) is 0 Å². The average molecular weight is 186 g/mol. The summed E-state index contributed by atoms with van der Waals surface area (Å²) < 4.78 is 5.52. The first kappa shape index (κ1) is 11.0. The Morgan fingerprint density at radius 3 is 2.15 bits per heavy atom. The normalized spacial score (nSPS) is 36.2. The van der Waals surface area contributed by atoms with E-state index < -0.39 is 0 Å². The molecule has 2 bridgehead atoms. The molecule has 0 aromatic carbocycles. The molecule has 0 amide bonds. The van der Waals surface area contributed by atoms with Gasteiger partial charge in [-0.05, 0) is 25.2 Å². The maximum absolute atomic E-state index is 8.81. The number of rotatable bonds is 1. The van der Waals surface area contributed by atoms with Crippen LogP contribution in [0.2, 0.25) is 0 Å². The summed E-state index contributed by atoms with van der Waals surface area (Å²) in [5.74, 6) is 1.30. The summed E-state index contributed by atoms with van der Waals surface area (Å²) in [7, 11) is 0. The van der Waals surface area contributed by atoms with Crippen molar-refractivity contribution in [2.75, 3.05) is 6.61 Å². The maximum atomic E-state index is 8.81. The van der Waals surface area contributed by atoms with Crippen LogP contribution in [0.3, 0.4) is 0 Å². The van der Waals surface area contributed by atoms with Crippen LogP contribution in [0.1, 0.15) is 40.0 Å². The summed E-state index contributed by atoms with van der Waals surface area (Å²) >= 11 is 0. The van der Waals surface area contributed by atoms with Crippen LogP contribution in [-0.2, 0) is 4.74 Å². The number of aliphatic hydroxyl groups is 1. The van der Waals surface area contributed by atoms with Crippen molar-refractivity contribution in [3.05, 3.63) is 0 Å². The van der Waals surface area contributed by atoms with Crippen molar-refractivity contribution >= 4 is 0 Å². The van der Waals surface area contributed by atoms with Crippen LogP contribution in [0.4, 0.5) is 0 Å². The third kappa shape index (κ3) is 3.28. The Morgan fingerprint density at radius 2 is 1.92 bits per heavy atom. The summed E-state index contributed by atoms with van der Waals surface area (Å²) in [5.41, 5.74) is 0. The average Bonchev–Trinajstić information content (AvgIpc) is 2.62. The minimum Gasteiger partial charge on any atom is -0.396 e. The second kappa shape index (κ2) is 4.97. The lowest BCUT2D eigenvalue weighted by Crippen LogP contribution is -2.19. The van der Waals surface area contributed by atoms with Crippen LogP contribution in [0, 0.1) is 11.8 Å². The predicted molar refractivity (Wildman–Crippen MR) is 53.6 cm³/mol. The maximum Gasteiger partial charge on any atom is 0.0630 e. The Kier molecular flexibility index (Phi) is 4.20. The standard InChI is InChI=1S/C7H12O2.C4H10/c8-4-5-3-6-1-2-7(5)9-6;1-4(2)3/h5-8H,1-4H2;4H,1-3H3. The molecule has 0 aliphatic carbocycles. The third-order valence-electron chi connectivity index (χ3n) is 2.47. The number of aliphatic hydroxyl groups excluding tert-OH is 1. The molecule has 2 fully saturated rings. The van der Waals surface area contributed by atoms with Gasteiger partial charge in [0.1, 0.15) is 0 Å². The second-order valence-electron chi connectivity index (χ2n) is 4.78. The van der Waals surface area contributed by atoms with Gasteiger partial charge in [0.25, 0.3) is 0 Å². The predicted octanol–water partition coefficient (Wildman–Crippen LogP) is 2.21. The minimum absolute atomic E-state index is 0.321.